The number of amides is 1. The molecule has 3 aromatic rings. The summed E-state index contributed by atoms with van der Waals surface area (Å²) in [5.74, 6) is -2.64. The van der Waals surface area contributed by atoms with Crippen LogP contribution in [0.5, 0.6) is 5.75 Å². The zero-order chi connectivity index (χ0) is 25.8. The molecule has 0 radical (unpaired) electrons. The first-order valence-corrected chi connectivity index (χ1v) is 13.0. The van der Waals surface area contributed by atoms with Crippen LogP contribution in [0.25, 0.3) is 0 Å². The second-order valence-corrected chi connectivity index (χ2v) is 10.4. The topological polar surface area (TPSA) is 96.5 Å². The van der Waals surface area contributed by atoms with Gasteiger partial charge in [0, 0.05) is 11.5 Å². The minimum Gasteiger partial charge on any atom is -0.496 e. The van der Waals surface area contributed by atoms with Gasteiger partial charge in [-0.2, -0.15) is 0 Å². The molecule has 3 aromatic carbocycles. The molecule has 1 saturated heterocycles. The fourth-order valence-corrected chi connectivity index (χ4v) is 6.47. The lowest BCUT2D eigenvalue weighted by Crippen LogP contribution is -2.59. The molecule has 1 aliphatic heterocycles. The normalized spacial score (nSPS) is 16.1. The van der Waals surface area contributed by atoms with Crippen molar-refractivity contribution in [3.05, 3.63) is 95.6 Å². The van der Waals surface area contributed by atoms with Crippen LogP contribution in [0.2, 0.25) is 0 Å². The number of piperidine rings is 1. The van der Waals surface area contributed by atoms with E-state index < -0.39 is 38.4 Å². The Morgan fingerprint density at radius 1 is 0.972 bits per heavy atom. The number of nitrogens with one attached hydrogen (secondary N) is 3. The highest BCUT2D eigenvalue weighted by Gasteiger charge is 2.49. The predicted octanol–water partition coefficient (Wildman–Crippen LogP) is 3.79. The van der Waals surface area contributed by atoms with E-state index in [0.29, 0.717) is 31.7 Å². The molecule has 1 aliphatic rings. The largest absolute Gasteiger partial charge is 0.496 e. The van der Waals surface area contributed by atoms with Gasteiger partial charge in [0.15, 0.2) is 17.0 Å². The van der Waals surface area contributed by atoms with Gasteiger partial charge in [0.1, 0.15) is 5.75 Å². The minimum absolute atomic E-state index is 0.150. The maximum atomic E-state index is 13.9. The number of anilines is 1. The average molecular weight is 516 g/mol. The van der Waals surface area contributed by atoms with Gasteiger partial charge in [-0.3, -0.25) is 9.52 Å². The first-order valence-electron chi connectivity index (χ1n) is 11.4. The molecule has 3 N–H and O–H groups in total. The Morgan fingerprint density at radius 2 is 1.64 bits per heavy atom. The molecule has 0 bridgehead atoms. The molecule has 1 unspecified atom stereocenters. The van der Waals surface area contributed by atoms with Crippen LogP contribution in [0.1, 0.15) is 28.8 Å². The smallest absolute Gasteiger partial charge is 0.256 e. The van der Waals surface area contributed by atoms with E-state index in [9.17, 15) is 22.0 Å². The fraction of sp³-hybridized carbons (Fsp3) is 0.269. The van der Waals surface area contributed by atoms with Gasteiger partial charge in [0.2, 0.25) is 0 Å². The van der Waals surface area contributed by atoms with Crippen LogP contribution in [-0.2, 0) is 15.4 Å². The number of benzene rings is 3. The first-order chi connectivity index (χ1) is 17.3. The van der Waals surface area contributed by atoms with Gasteiger partial charge in [0.25, 0.3) is 15.9 Å². The molecule has 1 fully saturated rings. The summed E-state index contributed by atoms with van der Waals surface area (Å²) in [6.45, 7) is 1.05. The summed E-state index contributed by atoms with van der Waals surface area (Å²) in [6.07, 6.45) is 0.819. The number of hydrogen-bond acceptors (Lipinski definition) is 5. The van der Waals surface area contributed by atoms with E-state index in [1.807, 2.05) is 30.3 Å². The average Bonchev–Trinajstić information content (AvgIpc) is 2.90. The van der Waals surface area contributed by atoms with Crippen molar-refractivity contribution in [3.8, 4) is 5.75 Å². The van der Waals surface area contributed by atoms with Gasteiger partial charge in [-0.25, -0.2) is 17.2 Å². The predicted molar refractivity (Wildman–Crippen MR) is 133 cm³/mol. The van der Waals surface area contributed by atoms with Crippen LogP contribution in [-0.4, -0.2) is 39.9 Å². The third-order valence-electron chi connectivity index (χ3n) is 6.45. The highest BCUT2D eigenvalue weighted by Crippen LogP contribution is 2.40. The van der Waals surface area contributed by atoms with E-state index >= 15 is 0 Å². The van der Waals surface area contributed by atoms with Crippen molar-refractivity contribution in [2.24, 2.45) is 0 Å². The van der Waals surface area contributed by atoms with E-state index in [1.54, 1.807) is 18.2 Å². The molecule has 7 nitrogen and oxygen atoms in total. The summed E-state index contributed by atoms with van der Waals surface area (Å²) in [6, 6.07) is 18.4. The Balaban J connectivity index is 1.81. The Hall–Kier alpha value is -3.50. The van der Waals surface area contributed by atoms with Crippen molar-refractivity contribution in [1.29, 1.82) is 0 Å². The van der Waals surface area contributed by atoms with Gasteiger partial charge < -0.3 is 15.4 Å². The van der Waals surface area contributed by atoms with E-state index in [-0.39, 0.29) is 11.3 Å². The second-order valence-electron chi connectivity index (χ2n) is 8.60. The SMILES string of the molecule is COc1ccccc1C(=O)NC(C1(c2ccccc2)CCNCC1)S(=O)(=O)Nc1ccc(F)c(F)c1. The molecular weight excluding hydrogens is 488 g/mol. The fourth-order valence-electron chi connectivity index (χ4n) is 4.67. The minimum atomic E-state index is -4.37. The van der Waals surface area contributed by atoms with E-state index in [1.165, 1.54) is 13.2 Å². The standard InChI is InChI=1S/C26H27F2N3O4S/c1-35-23-10-6-5-9-20(23)24(32)30-25(36(33,34)31-19-11-12-21(27)22(28)17-19)26(13-15-29-16-14-26)18-7-3-2-4-8-18/h2-12,17,25,29,31H,13-16H2,1H3,(H,30,32). The van der Waals surface area contributed by atoms with E-state index in [2.05, 4.69) is 15.4 Å². The molecule has 0 aliphatic carbocycles. The number of ether oxygens (including phenoxy) is 1. The van der Waals surface area contributed by atoms with Gasteiger partial charge in [-0.05, 0) is 55.8 Å². The molecule has 0 spiro atoms. The maximum absolute atomic E-state index is 13.9. The number of halogens is 2. The Bertz CT molecular complexity index is 1330. The van der Waals surface area contributed by atoms with Crippen molar-refractivity contribution in [3.63, 3.8) is 0 Å². The summed E-state index contributed by atoms with van der Waals surface area (Å²) in [5, 5.41) is 4.54. The molecule has 0 saturated carbocycles. The zero-order valence-corrected chi connectivity index (χ0v) is 20.4. The molecule has 10 heteroatoms. The van der Waals surface area contributed by atoms with Crippen LogP contribution in [0, 0.1) is 11.6 Å². The molecule has 4 rings (SSSR count). The van der Waals surface area contributed by atoms with Crippen LogP contribution < -0.4 is 20.1 Å². The lowest BCUT2D eigenvalue weighted by Gasteiger charge is -2.44. The van der Waals surface area contributed by atoms with Gasteiger partial charge in [0.05, 0.1) is 18.4 Å². The monoisotopic (exact) mass is 515 g/mol. The zero-order valence-electron chi connectivity index (χ0n) is 19.6. The van der Waals surface area contributed by atoms with Crippen molar-refractivity contribution in [2.45, 2.75) is 23.6 Å². The number of rotatable bonds is 8. The summed E-state index contributed by atoms with van der Waals surface area (Å²) in [7, 11) is -2.95. The summed E-state index contributed by atoms with van der Waals surface area (Å²) in [5.41, 5.74) is -0.241. The summed E-state index contributed by atoms with van der Waals surface area (Å²) < 4.78 is 62.8. The highest BCUT2D eigenvalue weighted by atomic mass is 32.2. The van der Waals surface area contributed by atoms with Crippen LogP contribution >= 0.6 is 0 Å². The Labute approximate surface area is 208 Å². The molecule has 1 heterocycles. The van der Waals surface area contributed by atoms with Crippen molar-refractivity contribution >= 4 is 21.6 Å². The quantitative estimate of drug-likeness (QED) is 0.424. The van der Waals surface area contributed by atoms with Crippen molar-refractivity contribution in [2.75, 3.05) is 24.9 Å². The molecular formula is C26H27F2N3O4S. The molecule has 1 atom stereocenters. The lowest BCUT2D eigenvalue weighted by atomic mass is 9.72. The number of carbonyl (C=O) groups is 1. The number of para-hydroxylation sites is 1. The van der Waals surface area contributed by atoms with Crippen LogP contribution in [0.3, 0.4) is 0 Å². The lowest BCUT2D eigenvalue weighted by molar-refractivity contribution is 0.0922. The third-order valence-corrected chi connectivity index (χ3v) is 8.16. The van der Waals surface area contributed by atoms with E-state index in [4.69, 9.17) is 4.74 Å². The van der Waals surface area contributed by atoms with Gasteiger partial charge in [-0.1, -0.05) is 42.5 Å². The molecule has 36 heavy (non-hydrogen) atoms. The third kappa shape index (κ3) is 5.19. The Morgan fingerprint density at radius 3 is 2.31 bits per heavy atom. The van der Waals surface area contributed by atoms with Crippen molar-refractivity contribution < 1.29 is 26.7 Å². The van der Waals surface area contributed by atoms with Gasteiger partial charge in [-0.15, -0.1) is 0 Å². The summed E-state index contributed by atoms with van der Waals surface area (Å²) in [4.78, 5) is 13.4. The van der Waals surface area contributed by atoms with E-state index in [0.717, 1.165) is 23.8 Å². The second kappa shape index (κ2) is 10.6. The van der Waals surface area contributed by atoms with Crippen LogP contribution in [0.4, 0.5) is 14.5 Å². The summed E-state index contributed by atoms with van der Waals surface area (Å²) >= 11 is 0. The number of carbonyl (C=O) groups excluding carboxylic acids is 1. The highest BCUT2D eigenvalue weighted by molar-refractivity contribution is 7.93. The number of hydrogen-bond donors (Lipinski definition) is 3. The number of sulfonamides is 1. The van der Waals surface area contributed by atoms with Crippen LogP contribution in [0.15, 0.2) is 72.8 Å². The molecule has 190 valence electrons. The molecule has 1 amide bonds. The number of methoxy groups -OCH3 is 1. The Kier molecular flexibility index (Phi) is 7.56. The maximum Gasteiger partial charge on any atom is 0.256 e. The van der Waals surface area contributed by atoms with Crippen molar-refractivity contribution in [1.82, 2.24) is 10.6 Å². The first kappa shape index (κ1) is 25.6. The molecule has 0 aromatic heterocycles. The van der Waals surface area contributed by atoms with Gasteiger partial charge >= 0.3 is 0 Å².